The fourth-order valence-electron chi connectivity index (χ4n) is 1.32. The fraction of sp³-hybridized carbons (Fsp3) is 1.00. The molecule has 1 aliphatic rings. The Hall–Kier alpha value is -0.170. The molecule has 5 nitrogen and oxygen atoms in total. The zero-order chi connectivity index (χ0) is 9.90. The maximum absolute atomic E-state index is 11.1. The molecule has 0 aliphatic carbocycles. The number of nitrogens with two attached hydrogens (primary N) is 1. The molecule has 1 saturated heterocycles. The first-order valence-electron chi connectivity index (χ1n) is 4.30. The monoisotopic (exact) mass is 208 g/mol. The fourth-order valence-corrected chi connectivity index (χ4v) is 2.47. The van der Waals surface area contributed by atoms with Crippen LogP contribution in [-0.4, -0.2) is 51.3 Å². The van der Waals surface area contributed by atoms with Crippen LogP contribution >= 0.6 is 0 Å². The van der Waals surface area contributed by atoms with Crippen LogP contribution in [0.5, 0.6) is 0 Å². The largest absolute Gasteiger partial charge is 0.378 e. The van der Waals surface area contributed by atoms with E-state index in [9.17, 15) is 8.42 Å². The normalized spacial score (nSPS) is 24.3. The third-order valence-electron chi connectivity index (χ3n) is 2.09. The number of hydrogen-bond acceptors (Lipinski definition) is 4. The van der Waals surface area contributed by atoms with Gasteiger partial charge in [-0.3, -0.25) is 0 Å². The summed E-state index contributed by atoms with van der Waals surface area (Å²) in [5, 5.41) is 0. The summed E-state index contributed by atoms with van der Waals surface area (Å²) in [7, 11) is -3.03. The van der Waals surface area contributed by atoms with E-state index in [0.717, 1.165) is 6.42 Å². The van der Waals surface area contributed by atoms with Gasteiger partial charge in [-0.05, 0) is 6.42 Å². The van der Waals surface area contributed by atoms with Crippen molar-refractivity contribution in [2.24, 2.45) is 5.73 Å². The molecule has 0 amide bonds. The second-order valence-corrected chi connectivity index (χ2v) is 5.11. The van der Waals surface area contributed by atoms with Crippen molar-refractivity contribution in [2.45, 2.75) is 12.5 Å². The summed E-state index contributed by atoms with van der Waals surface area (Å²) in [6, 6.07) is 0.0292. The molecule has 1 rings (SSSR count). The summed E-state index contributed by atoms with van der Waals surface area (Å²) >= 11 is 0. The van der Waals surface area contributed by atoms with E-state index in [-0.39, 0.29) is 6.04 Å². The van der Waals surface area contributed by atoms with Crippen molar-refractivity contribution in [1.82, 2.24) is 4.31 Å². The number of nitrogens with zero attached hydrogens (tertiary/aromatic N) is 1. The number of ether oxygens (including phenoxy) is 1. The van der Waals surface area contributed by atoms with Crippen LogP contribution in [0.4, 0.5) is 0 Å². The molecule has 2 N–H and O–H groups in total. The molecule has 6 heteroatoms. The molecule has 1 unspecified atom stereocenters. The van der Waals surface area contributed by atoms with Gasteiger partial charge in [-0.1, -0.05) is 0 Å². The van der Waals surface area contributed by atoms with Crippen LogP contribution in [-0.2, 0) is 14.8 Å². The summed E-state index contributed by atoms with van der Waals surface area (Å²) < 4.78 is 28.8. The van der Waals surface area contributed by atoms with E-state index in [0.29, 0.717) is 26.3 Å². The van der Waals surface area contributed by atoms with Crippen molar-refractivity contribution in [3.8, 4) is 0 Å². The number of sulfonamides is 1. The predicted octanol–water partition coefficient (Wildman–Crippen LogP) is -1.00. The standard InChI is InChI=1S/C7H16N2O3S/c1-13(10,11)9-4-2-7(9)6-12-5-3-8/h7H,2-6,8H2,1H3. The molecule has 1 fully saturated rings. The van der Waals surface area contributed by atoms with Crippen molar-refractivity contribution >= 4 is 10.0 Å². The van der Waals surface area contributed by atoms with Gasteiger partial charge in [-0.15, -0.1) is 0 Å². The first kappa shape index (κ1) is 10.9. The van der Waals surface area contributed by atoms with Gasteiger partial charge in [0.2, 0.25) is 10.0 Å². The van der Waals surface area contributed by atoms with E-state index >= 15 is 0 Å². The van der Waals surface area contributed by atoms with Gasteiger partial charge in [0.25, 0.3) is 0 Å². The van der Waals surface area contributed by atoms with Crippen LogP contribution in [0.2, 0.25) is 0 Å². The molecule has 13 heavy (non-hydrogen) atoms. The van der Waals surface area contributed by atoms with Crippen LogP contribution in [0.3, 0.4) is 0 Å². The third kappa shape index (κ3) is 2.91. The molecule has 0 saturated carbocycles. The van der Waals surface area contributed by atoms with Crippen LogP contribution in [0.1, 0.15) is 6.42 Å². The Balaban J connectivity index is 2.29. The molecule has 0 spiro atoms. The van der Waals surface area contributed by atoms with Crippen molar-refractivity contribution < 1.29 is 13.2 Å². The Labute approximate surface area is 78.9 Å². The van der Waals surface area contributed by atoms with Crippen molar-refractivity contribution in [3.63, 3.8) is 0 Å². The van der Waals surface area contributed by atoms with E-state index < -0.39 is 10.0 Å². The second-order valence-electron chi connectivity index (χ2n) is 3.18. The lowest BCUT2D eigenvalue weighted by atomic mass is 10.1. The summed E-state index contributed by atoms with van der Waals surface area (Å²) in [5.41, 5.74) is 5.24. The molecule has 0 bridgehead atoms. The van der Waals surface area contributed by atoms with E-state index in [4.69, 9.17) is 10.5 Å². The van der Waals surface area contributed by atoms with Gasteiger partial charge in [0.15, 0.2) is 0 Å². The van der Waals surface area contributed by atoms with Crippen molar-refractivity contribution in [1.29, 1.82) is 0 Å². The zero-order valence-corrected chi connectivity index (χ0v) is 8.59. The van der Waals surface area contributed by atoms with Gasteiger partial charge < -0.3 is 10.5 Å². The third-order valence-corrected chi connectivity index (χ3v) is 3.42. The summed E-state index contributed by atoms with van der Waals surface area (Å²) in [4.78, 5) is 0. The minimum atomic E-state index is -3.03. The van der Waals surface area contributed by atoms with Gasteiger partial charge in [0, 0.05) is 19.1 Å². The zero-order valence-electron chi connectivity index (χ0n) is 7.77. The first-order chi connectivity index (χ1) is 6.05. The minimum Gasteiger partial charge on any atom is -0.378 e. The van der Waals surface area contributed by atoms with E-state index in [1.165, 1.54) is 10.6 Å². The van der Waals surface area contributed by atoms with Gasteiger partial charge in [0.05, 0.1) is 19.5 Å². The first-order valence-corrected chi connectivity index (χ1v) is 6.15. The van der Waals surface area contributed by atoms with Gasteiger partial charge in [-0.2, -0.15) is 4.31 Å². The SMILES string of the molecule is CS(=O)(=O)N1CCC1COCCN. The molecule has 0 aromatic rings. The molecule has 78 valence electrons. The van der Waals surface area contributed by atoms with Crippen LogP contribution in [0.25, 0.3) is 0 Å². The Morgan fingerprint density at radius 2 is 2.31 bits per heavy atom. The predicted molar refractivity (Wildman–Crippen MR) is 49.8 cm³/mol. The topological polar surface area (TPSA) is 72.6 Å². The van der Waals surface area contributed by atoms with Crippen molar-refractivity contribution in [3.05, 3.63) is 0 Å². The molecule has 1 aliphatic heterocycles. The molecule has 0 radical (unpaired) electrons. The molecule has 0 aromatic heterocycles. The molecule has 0 aromatic carbocycles. The van der Waals surface area contributed by atoms with E-state index in [1.54, 1.807) is 0 Å². The lowest BCUT2D eigenvalue weighted by molar-refractivity contribution is 0.0555. The highest BCUT2D eigenvalue weighted by molar-refractivity contribution is 7.88. The summed E-state index contributed by atoms with van der Waals surface area (Å²) in [6.07, 6.45) is 2.11. The molecule has 1 heterocycles. The number of rotatable bonds is 5. The maximum atomic E-state index is 11.1. The Bertz CT molecular complexity index is 252. The maximum Gasteiger partial charge on any atom is 0.211 e. The Morgan fingerprint density at radius 1 is 1.62 bits per heavy atom. The average molecular weight is 208 g/mol. The lowest BCUT2D eigenvalue weighted by Gasteiger charge is -2.38. The van der Waals surface area contributed by atoms with Gasteiger partial charge in [-0.25, -0.2) is 8.42 Å². The smallest absolute Gasteiger partial charge is 0.211 e. The van der Waals surface area contributed by atoms with Gasteiger partial charge in [0.1, 0.15) is 0 Å². The van der Waals surface area contributed by atoms with Crippen LogP contribution in [0.15, 0.2) is 0 Å². The van der Waals surface area contributed by atoms with Crippen LogP contribution < -0.4 is 5.73 Å². The molecular weight excluding hydrogens is 192 g/mol. The Morgan fingerprint density at radius 3 is 2.69 bits per heavy atom. The minimum absolute atomic E-state index is 0.0292. The van der Waals surface area contributed by atoms with Gasteiger partial charge >= 0.3 is 0 Å². The summed E-state index contributed by atoms with van der Waals surface area (Å²) in [6.45, 7) is 2.06. The number of hydrogen-bond donors (Lipinski definition) is 1. The molecule has 1 atom stereocenters. The highest BCUT2D eigenvalue weighted by Crippen LogP contribution is 2.20. The highest BCUT2D eigenvalue weighted by atomic mass is 32.2. The quantitative estimate of drug-likeness (QED) is 0.588. The van der Waals surface area contributed by atoms with E-state index in [2.05, 4.69) is 0 Å². The summed E-state index contributed by atoms with van der Waals surface area (Å²) in [5.74, 6) is 0. The second kappa shape index (κ2) is 4.36. The highest BCUT2D eigenvalue weighted by Gasteiger charge is 2.34. The van der Waals surface area contributed by atoms with Crippen LogP contribution in [0, 0.1) is 0 Å². The van der Waals surface area contributed by atoms with Crippen molar-refractivity contribution in [2.75, 3.05) is 32.6 Å². The lowest BCUT2D eigenvalue weighted by Crippen LogP contribution is -2.52. The van der Waals surface area contributed by atoms with E-state index in [1.807, 2.05) is 0 Å². The Kier molecular flexibility index (Phi) is 3.66. The molecular formula is C7H16N2O3S. The average Bonchev–Trinajstić information content (AvgIpc) is 1.92.